The number of aliphatic hydroxyl groups is 1. The maximum absolute atomic E-state index is 9.87. The molecule has 0 spiro atoms. The van der Waals surface area contributed by atoms with Gasteiger partial charge in [-0.15, -0.1) is 0 Å². The minimum atomic E-state index is -0.774. The SMILES string of the molecule is CC(C)(O)CCOc1ccc2ccccc2c1-c1cncc(O)c1. The third kappa shape index (κ3) is 3.66. The lowest BCUT2D eigenvalue weighted by Crippen LogP contribution is -2.21. The number of hydrogen-bond acceptors (Lipinski definition) is 4. The number of aromatic hydroxyl groups is 1. The van der Waals surface area contributed by atoms with Crippen molar-refractivity contribution in [2.45, 2.75) is 25.9 Å². The zero-order valence-corrected chi connectivity index (χ0v) is 13.9. The van der Waals surface area contributed by atoms with E-state index in [2.05, 4.69) is 4.98 Å². The maximum atomic E-state index is 9.87. The Kier molecular flexibility index (Phi) is 4.40. The van der Waals surface area contributed by atoms with Crippen LogP contribution in [-0.4, -0.2) is 27.4 Å². The fourth-order valence-electron chi connectivity index (χ4n) is 2.64. The maximum Gasteiger partial charge on any atom is 0.134 e. The van der Waals surface area contributed by atoms with Crippen LogP contribution in [0.1, 0.15) is 20.3 Å². The molecule has 0 unspecified atom stereocenters. The molecule has 4 nitrogen and oxygen atoms in total. The average Bonchev–Trinajstić information content (AvgIpc) is 2.53. The van der Waals surface area contributed by atoms with Crippen molar-refractivity contribution in [2.75, 3.05) is 6.61 Å². The molecule has 2 aromatic carbocycles. The summed E-state index contributed by atoms with van der Waals surface area (Å²) in [5, 5.41) is 21.8. The Morgan fingerprint density at radius 2 is 1.88 bits per heavy atom. The first-order valence-electron chi connectivity index (χ1n) is 7.95. The highest BCUT2D eigenvalue weighted by Crippen LogP contribution is 2.38. The molecule has 0 aliphatic rings. The number of aromatic nitrogens is 1. The molecule has 124 valence electrons. The summed E-state index contributed by atoms with van der Waals surface area (Å²) in [5.74, 6) is 0.827. The minimum absolute atomic E-state index is 0.114. The zero-order valence-electron chi connectivity index (χ0n) is 13.9. The molecule has 0 amide bonds. The number of nitrogens with zero attached hydrogens (tertiary/aromatic N) is 1. The van der Waals surface area contributed by atoms with Crippen LogP contribution in [0.25, 0.3) is 21.9 Å². The molecular formula is C20H21NO3. The van der Waals surface area contributed by atoms with Gasteiger partial charge in [0.1, 0.15) is 11.5 Å². The van der Waals surface area contributed by atoms with E-state index in [9.17, 15) is 10.2 Å². The van der Waals surface area contributed by atoms with Crippen LogP contribution in [-0.2, 0) is 0 Å². The molecular weight excluding hydrogens is 302 g/mol. The topological polar surface area (TPSA) is 62.6 Å². The van der Waals surface area contributed by atoms with Gasteiger partial charge in [-0.3, -0.25) is 4.98 Å². The van der Waals surface area contributed by atoms with Crippen molar-refractivity contribution in [2.24, 2.45) is 0 Å². The first-order valence-corrected chi connectivity index (χ1v) is 7.95. The Hall–Kier alpha value is -2.59. The second-order valence-corrected chi connectivity index (χ2v) is 6.50. The van der Waals surface area contributed by atoms with Gasteiger partial charge in [-0.05, 0) is 36.8 Å². The van der Waals surface area contributed by atoms with Crippen molar-refractivity contribution in [3.05, 3.63) is 54.9 Å². The van der Waals surface area contributed by atoms with Crippen molar-refractivity contribution < 1.29 is 14.9 Å². The molecule has 3 rings (SSSR count). The van der Waals surface area contributed by atoms with E-state index >= 15 is 0 Å². The second-order valence-electron chi connectivity index (χ2n) is 6.50. The summed E-state index contributed by atoms with van der Waals surface area (Å²) >= 11 is 0. The third-order valence-corrected chi connectivity index (χ3v) is 3.87. The summed E-state index contributed by atoms with van der Waals surface area (Å²) in [6.07, 6.45) is 3.64. The molecule has 0 fully saturated rings. The van der Waals surface area contributed by atoms with Crippen LogP contribution in [0, 0.1) is 0 Å². The van der Waals surface area contributed by atoms with Gasteiger partial charge in [0.05, 0.1) is 18.4 Å². The van der Waals surface area contributed by atoms with Crippen LogP contribution >= 0.6 is 0 Å². The molecule has 2 N–H and O–H groups in total. The number of fused-ring (bicyclic) bond motifs is 1. The lowest BCUT2D eigenvalue weighted by molar-refractivity contribution is 0.0554. The van der Waals surface area contributed by atoms with Crippen LogP contribution in [0.15, 0.2) is 54.9 Å². The van der Waals surface area contributed by atoms with Gasteiger partial charge in [0.15, 0.2) is 0 Å². The van der Waals surface area contributed by atoms with Crippen LogP contribution in [0.5, 0.6) is 11.5 Å². The highest BCUT2D eigenvalue weighted by molar-refractivity contribution is 5.99. The molecule has 0 aliphatic heterocycles. The van der Waals surface area contributed by atoms with Crippen molar-refractivity contribution in [3.63, 3.8) is 0 Å². The summed E-state index contributed by atoms with van der Waals surface area (Å²) < 4.78 is 5.95. The normalized spacial score (nSPS) is 11.6. The Morgan fingerprint density at radius 1 is 1.08 bits per heavy atom. The number of hydrogen-bond donors (Lipinski definition) is 2. The third-order valence-electron chi connectivity index (χ3n) is 3.87. The van der Waals surface area contributed by atoms with Gasteiger partial charge in [0.25, 0.3) is 0 Å². The smallest absolute Gasteiger partial charge is 0.134 e. The van der Waals surface area contributed by atoms with Crippen molar-refractivity contribution in [1.82, 2.24) is 4.98 Å². The van der Waals surface area contributed by atoms with E-state index in [1.165, 1.54) is 6.20 Å². The first-order chi connectivity index (χ1) is 11.4. The molecule has 0 aliphatic carbocycles. The van der Waals surface area contributed by atoms with E-state index in [1.807, 2.05) is 36.4 Å². The number of pyridine rings is 1. The fourth-order valence-corrected chi connectivity index (χ4v) is 2.64. The highest BCUT2D eigenvalue weighted by Gasteiger charge is 2.15. The minimum Gasteiger partial charge on any atom is -0.506 e. The van der Waals surface area contributed by atoms with E-state index in [0.29, 0.717) is 18.8 Å². The largest absolute Gasteiger partial charge is 0.506 e. The van der Waals surface area contributed by atoms with Gasteiger partial charge in [-0.2, -0.15) is 0 Å². The van der Waals surface area contributed by atoms with Crippen LogP contribution in [0.2, 0.25) is 0 Å². The Labute approximate surface area is 141 Å². The van der Waals surface area contributed by atoms with E-state index < -0.39 is 5.60 Å². The molecule has 3 aromatic rings. The van der Waals surface area contributed by atoms with Crippen LogP contribution in [0.4, 0.5) is 0 Å². The molecule has 0 bridgehead atoms. The van der Waals surface area contributed by atoms with Gasteiger partial charge < -0.3 is 14.9 Å². The molecule has 0 atom stereocenters. The monoisotopic (exact) mass is 323 g/mol. The Bertz CT molecular complexity index is 853. The van der Waals surface area contributed by atoms with E-state index in [1.54, 1.807) is 26.1 Å². The first kappa shape index (κ1) is 16.3. The molecule has 24 heavy (non-hydrogen) atoms. The lowest BCUT2D eigenvalue weighted by atomic mass is 9.98. The molecule has 0 saturated heterocycles. The Balaban J connectivity index is 2.06. The standard InChI is InChI=1S/C20H21NO3/c1-20(2,23)9-10-24-18-8-7-14-5-3-4-6-17(14)19(18)15-11-16(22)13-21-12-15/h3-8,11-13,22-23H,9-10H2,1-2H3. The zero-order chi connectivity index (χ0) is 17.2. The average molecular weight is 323 g/mol. The summed E-state index contributed by atoms with van der Waals surface area (Å²) in [5.41, 5.74) is 0.918. The predicted octanol–water partition coefficient (Wildman–Crippen LogP) is 4.15. The van der Waals surface area contributed by atoms with Crippen molar-refractivity contribution in [3.8, 4) is 22.6 Å². The van der Waals surface area contributed by atoms with E-state index in [0.717, 1.165) is 21.9 Å². The van der Waals surface area contributed by atoms with E-state index in [-0.39, 0.29) is 5.75 Å². The molecule has 1 aromatic heterocycles. The lowest BCUT2D eigenvalue weighted by Gasteiger charge is -2.19. The molecule has 0 saturated carbocycles. The second kappa shape index (κ2) is 6.49. The quantitative estimate of drug-likeness (QED) is 0.740. The summed E-state index contributed by atoms with van der Waals surface area (Å²) in [6.45, 7) is 3.93. The van der Waals surface area contributed by atoms with Crippen molar-refractivity contribution in [1.29, 1.82) is 0 Å². The molecule has 1 heterocycles. The predicted molar refractivity (Wildman–Crippen MR) is 95.3 cm³/mol. The van der Waals surface area contributed by atoms with Gasteiger partial charge in [-0.25, -0.2) is 0 Å². The van der Waals surface area contributed by atoms with Gasteiger partial charge >= 0.3 is 0 Å². The van der Waals surface area contributed by atoms with Crippen molar-refractivity contribution >= 4 is 10.8 Å². The summed E-state index contributed by atoms with van der Waals surface area (Å²) in [4.78, 5) is 4.08. The van der Waals surface area contributed by atoms with Gasteiger partial charge in [-0.1, -0.05) is 30.3 Å². The number of benzene rings is 2. The summed E-state index contributed by atoms with van der Waals surface area (Å²) in [6, 6.07) is 13.6. The fraction of sp³-hybridized carbons (Fsp3) is 0.250. The number of ether oxygens (including phenoxy) is 1. The molecule has 4 heteroatoms. The van der Waals surface area contributed by atoms with E-state index in [4.69, 9.17) is 4.74 Å². The highest BCUT2D eigenvalue weighted by atomic mass is 16.5. The summed E-state index contributed by atoms with van der Waals surface area (Å²) in [7, 11) is 0. The van der Waals surface area contributed by atoms with Gasteiger partial charge in [0.2, 0.25) is 0 Å². The van der Waals surface area contributed by atoms with Gasteiger partial charge in [0, 0.05) is 23.7 Å². The molecule has 0 radical (unpaired) electrons. The Morgan fingerprint density at radius 3 is 2.62 bits per heavy atom. The number of rotatable bonds is 5. The van der Waals surface area contributed by atoms with Crippen LogP contribution < -0.4 is 4.74 Å². The van der Waals surface area contributed by atoms with Crippen LogP contribution in [0.3, 0.4) is 0 Å².